The second kappa shape index (κ2) is 4.54. The molecule has 1 aromatic heterocycles. The molecule has 7 heteroatoms. The fourth-order valence-electron chi connectivity index (χ4n) is 1.95. The van der Waals surface area contributed by atoms with Crippen molar-refractivity contribution in [2.45, 2.75) is 20.0 Å². The van der Waals surface area contributed by atoms with Crippen LogP contribution in [0.25, 0.3) is 10.9 Å². The molecule has 0 atom stereocenters. The van der Waals surface area contributed by atoms with Gasteiger partial charge in [0.2, 0.25) is 0 Å². The van der Waals surface area contributed by atoms with Gasteiger partial charge in [-0.3, -0.25) is 5.84 Å². The third kappa shape index (κ3) is 2.21. The second-order valence-electron chi connectivity index (χ2n) is 4.20. The summed E-state index contributed by atoms with van der Waals surface area (Å²) >= 11 is 6.03. The van der Waals surface area contributed by atoms with Gasteiger partial charge in [-0.1, -0.05) is 23.7 Å². The van der Waals surface area contributed by atoms with E-state index < -0.39 is 11.9 Å². The zero-order valence-corrected chi connectivity index (χ0v) is 10.9. The highest BCUT2D eigenvalue weighted by molar-refractivity contribution is 6.36. The number of hydrogen-bond acceptors (Lipinski definition) is 3. The maximum Gasteiger partial charge on any atom is 0.433 e. The Morgan fingerprint density at radius 1 is 1.26 bits per heavy atom. The number of nitrogens with one attached hydrogen (secondary N) is 1. The number of anilines is 1. The van der Waals surface area contributed by atoms with Gasteiger partial charge in [-0.2, -0.15) is 13.2 Å². The Kier molecular flexibility index (Phi) is 3.32. The molecule has 0 saturated carbocycles. The lowest BCUT2D eigenvalue weighted by molar-refractivity contribution is -0.141. The van der Waals surface area contributed by atoms with Crippen molar-refractivity contribution in [1.29, 1.82) is 0 Å². The number of pyridine rings is 1. The Balaban J connectivity index is 2.96. The van der Waals surface area contributed by atoms with Crippen LogP contribution in [0, 0.1) is 13.8 Å². The zero-order valence-electron chi connectivity index (χ0n) is 10.2. The minimum atomic E-state index is -4.56. The number of nitrogen functional groups attached to an aromatic ring is 1. The normalized spacial score (nSPS) is 11.9. The van der Waals surface area contributed by atoms with Crippen molar-refractivity contribution >= 4 is 28.2 Å². The van der Waals surface area contributed by atoms with Crippen molar-refractivity contribution in [3.05, 3.63) is 34.0 Å². The predicted octanol–water partition coefficient (Wildman–Crippen LogP) is 3.81. The topological polar surface area (TPSA) is 50.9 Å². The van der Waals surface area contributed by atoms with Crippen LogP contribution < -0.4 is 11.3 Å². The number of benzene rings is 1. The summed E-state index contributed by atoms with van der Waals surface area (Å²) < 4.78 is 38.9. The van der Waals surface area contributed by atoms with Crippen molar-refractivity contribution < 1.29 is 13.2 Å². The average Bonchev–Trinajstić information content (AvgIpc) is 2.32. The maximum atomic E-state index is 13.0. The van der Waals surface area contributed by atoms with Crippen LogP contribution in [0.1, 0.15) is 16.8 Å². The van der Waals surface area contributed by atoms with Crippen LogP contribution in [0.3, 0.4) is 0 Å². The zero-order chi connectivity index (χ0) is 14.4. The molecule has 0 aliphatic carbocycles. The fraction of sp³-hybridized carbons (Fsp3) is 0.250. The summed E-state index contributed by atoms with van der Waals surface area (Å²) in [7, 11) is 0. The number of hydrazine groups is 1. The Bertz CT molecular complexity index is 653. The summed E-state index contributed by atoms with van der Waals surface area (Å²) in [5.41, 5.74) is 2.18. The van der Waals surface area contributed by atoms with Gasteiger partial charge in [-0.25, -0.2) is 4.98 Å². The van der Waals surface area contributed by atoms with E-state index in [4.69, 9.17) is 17.4 Å². The van der Waals surface area contributed by atoms with Crippen molar-refractivity contribution in [1.82, 2.24) is 4.98 Å². The number of fused-ring (bicyclic) bond motifs is 1. The Morgan fingerprint density at radius 2 is 1.89 bits per heavy atom. The minimum Gasteiger partial charge on any atom is -0.323 e. The van der Waals surface area contributed by atoms with Crippen LogP contribution in [0.5, 0.6) is 0 Å². The molecule has 0 saturated heterocycles. The van der Waals surface area contributed by atoms with Gasteiger partial charge in [0.1, 0.15) is 5.69 Å². The lowest BCUT2D eigenvalue weighted by atomic mass is 10.0. The first-order valence-corrected chi connectivity index (χ1v) is 5.78. The summed E-state index contributed by atoms with van der Waals surface area (Å²) in [6.45, 7) is 3.02. The molecule has 0 spiro atoms. The van der Waals surface area contributed by atoms with Gasteiger partial charge in [0.05, 0.1) is 16.2 Å². The van der Waals surface area contributed by atoms with Crippen LogP contribution in [0.4, 0.5) is 18.9 Å². The smallest absolute Gasteiger partial charge is 0.323 e. The van der Waals surface area contributed by atoms with E-state index in [1.807, 2.05) is 0 Å². The number of aryl methyl sites for hydroxylation is 1. The largest absolute Gasteiger partial charge is 0.433 e. The molecule has 2 rings (SSSR count). The van der Waals surface area contributed by atoms with Crippen LogP contribution in [-0.2, 0) is 6.18 Å². The monoisotopic (exact) mass is 289 g/mol. The molecule has 19 heavy (non-hydrogen) atoms. The number of alkyl halides is 3. The van der Waals surface area contributed by atoms with Gasteiger partial charge in [-0.05, 0) is 19.4 Å². The summed E-state index contributed by atoms with van der Waals surface area (Å²) in [6.07, 6.45) is -4.56. The van der Waals surface area contributed by atoms with E-state index in [9.17, 15) is 13.2 Å². The van der Waals surface area contributed by atoms with Gasteiger partial charge >= 0.3 is 6.18 Å². The Morgan fingerprint density at radius 3 is 2.42 bits per heavy atom. The van der Waals surface area contributed by atoms with E-state index in [0.29, 0.717) is 10.9 Å². The molecule has 2 aromatic rings. The van der Waals surface area contributed by atoms with E-state index in [1.165, 1.54) is 6.92 Å². The average molecular weight is 290 g/mol. The minimum absolute atomic E-state index is 0.0533. The summed E-state index contributed by atoms with van der Waals surface area (Å²) in [6, 6.07) is 3.35. The second-order valence-corrected chi connectivity index (χ2v) is 4.57. The first kappa shape index (κ1) is 13.9. The van der Waals surface area contributed by atoms with Crippen LogP contribution in [0.15, 0.2) is 12.1 Å². The lowest BCUT2D eigenvalue weighted by Gasteiger charge is -2.16. The molecule has 0 aliphatic heterocycles. The van der Waals surface area contributed by atoms with Gasteiger partial charge in [-0.15, -0.1) is 0 Å². The van der Waals surface area contributed by atoms with E-state index in [2.05, 4.69) is 10.4 Å². The third-order valence-electron chi connectivity index (χ3n) is 2.95. The van der Waals surface area contributed by atoms with E-state index in [0.717, 1.165) is 0 Å². The lowest BCUT2D eigenvalue weighted by Crippen LogP contribution is -2.16. The van der Waals surface area contributed by atoms with Gasteiger partial charge in [0, 0.05) is 10.9 Å². The van der Waals surface area contributed by atoms with Gasteiger partial charge < -0.3 is 5.43 Å². The number of nitrogens with zero attached hydrogens (tertiary/aromatic N) is 1. The SMILES string of the molecule is Cc1ccc2c(NN)c(C)c(C(F)(F)F)nc2c1Cl. The molecule has 0 unspecified atom stereocenters. The highest BCUT2D eigenvalue weighted by Crippen LogP contribution is 2.39. The quantitative estimate of drug-likeness (QED) is 0.620. The molecule has 0 bridgehead atoms. The molecular formula is C12H11ClF3N3. The molecule has 0 fully saturated rings. The number of nitrogens with two attached hydrogens (primary N) is 1. The first-order chi connectivity index (χ1) is 8.77. The summed E-state index contributed by atoms with van der Waals surface area (Å²) in [5.74, 6) is 5.33. The van der Waals surface area contributed by atoms with Crippen molar-refractivity contribution in [3.8, 4) is 0 Å². The molecule has 102 valence electrons. The predicted molar refractivity (Wildman–Crippen MR) is 69.0 cm³/mol. The maximum absolute atomic E-state index is 13.0. The number of halogens is 4. The van der Waals surface area contributed by atoms with Gasteiger partial charge in [0.15, 0.2) is 0 Å². The van der Waals surface area contributed by atoms with Crippen molar-refractivity contribution in [2.24, 2.45) is 5.84 Å². The molecule has 0 aliphatic rings. The van der Waals surface area contributed by atoms with Gasteiger partial charge in [0.25, 0.3) is 0 Å². The van der Waals surface area contributed by atoms with Crippen LogP contribution in [0.2, 0.25) is 5.02 Å². The summed E-state index contributed by atoms with van der Waals surface area (Å²) in [4.78, 5) is 3.66. The Labute approximate surface area is 112 Å². The molecular weight excluding hydrogens is 279 g/mol. The first-order valence-electron chi connectivity index (χ1n) is 5.40. The molecule has 3 nitrogen and oxygen atoms in total. The molecule has 3 N–H and O–H groups in total. The van der Waals surface area contributed by atoms with E-state index >= 15 is 0 Å². The number of hydrogen-bond donors (Lipinski definition) is 2. The van der Waals surface area contributed by atoms with E-state index in [-0.39, 0.29) is 21.8 Å². The van der Waals surface area contributed by atoms with E-state index in [1.54, 1.807) is 19.1 Å². The standard InChI is InChI=1S/C12H11ClF3N3/c1-5-3-4-7-9(19-17)6(2)11(12(14,15)16)18-10(7)8(5)13/h3-4H,17H2,1-2H3,(H,18,19). The fourth-order valence-corrected chi connectivity index (χ4v) is 2.16. The molecule has 1 aromatic carbocycles. The van der Waals surface area contributed by atoms with Crippen LogP contribution >= 0.6 is 11.6 Å². The third-order valence-corrected chi connectivity index (χ3v) is 3.42. The number of aromatic nitrogens is 1. The molecule has 1 heterocycles. The highest BCUT2D eigenvalue weighted by Gasteiger charge is 2.36. The molecule has 0 amide bonds. The summed E-state index contributed by atoms with van der Waals surface area (Å²) in [5, 5.41) is 0.656. The number of rotatable bonds is 1. The van der Waals surface area contributed by atoms with Crippen LogP contribution in [-0.4, -0.2) is 4.98 Å². The van der Waals surface area contributed by atoms with Crippen molar-refractivity contribution in [2.75, 3.05) is 5.43 Å². The molecule has 0 radical (unpaired) electrons. The Hall–Kier alpha value is -1.53. The highest BCUT2D eigenvalue weighted by atomic mass is 35.5. The van der Waals surface area contributed by atoms with Crippen molar-refractivity contribution in [3.63, 3.8) is 0 Å².